The lowest BCUT2D eigenvalue weighted by atomic mass is 10.0. The van der Waals surface area contributed by atoms with E-state index in [0.29, 0.717) is 16.3 Å². The Balaban J connectivity index is 1.84. The van der Waals surface area contributed by atoms with Gasteiger partial charge >= 0.3 is 0 Å². The third-order valence-corrected chi connectivity index (χ3v) is 5.46. The summed E-state index contributed by atoms with van der Waals surface area (Å²) in [6.45, 7) is 4.00. The van der Waals surface area contributed by atoms with E-state index in [1.54, 1.807) is 16.8 Å². The minimum atomic E-state index is -0.191. The molecule has 0 unspecified atom stereocenters. The molecule has 1 amide bonds. The quantitative estimate of drug-likeness (QED) is 0.505. The molecule has 0 radical (unpaired) electrons. The van der Waals surface area contributed by atoms with Crippen molar-refractivity contribution in [2.75, 3.05) is 0 Å². The molecular weight excluding hydrogens is 372 g/mol. The summed E-state index contributed by atoms with van der Waals surface area (Å²) < 4.78 is 1.58. The Morgan fingerprint density at radius 3 is 2.23 bits per heavy atom. The highest BCUT2D eigenvalue weighted by Gasteiger charge is 2.19. The first-order chi connectivity index (χ1) is 14.6. The highest BCUT2D eigenvalue weighted by atomic mass is 16.2. The fourth-order valence-corrected chi connectivity index (χ4v) is 3.83. The number of para-hydroxylation sites is 1. The Morgan fingerprint density at radius 1 is 0.900 bits per heavy atom. The van der Waals surface area contributed by atoms with E-state index in [9.17, 15) is 9.59 Å². The first kappa shape index (κ1) is 19.6. The van der Waals surface area contributed by atoms with Crippen molar-refractivity contribution in [2.24, 2.45) is 0 Å². The highest BCUT2D eigenvalue weighted by molar-refractivity contribution is 6.06. The van der Waals surface area contributed by atoms with Crippen LogP contribution < -0.4 is 10.9 Å². The second-order valence-corrected chi connectivity index (χ2v) is 7.39. The van der Waals surface area contributed by atoms with E-state index in [-0.39, 0.29) is 17.5 Å². The molecule has 150 valence electrons. The van der Waals surface area contributed by atoms with Gasteiger partial charge in [0.05, 0.1) is 17.3 Å². The first-order valence-corrected chi connectivity index (χ1v) is 10.2. The molecule has 0 spiro atoms. The Labute approximate surface area is 175 Å². The van der Waals surface area contributed by atoms with Crippen molar-refractivity contribution in [2.45, 2.75) is 26.3 Å². The summed E-state index contributed by atoms with van der Waals surface area (Å²) in [5.74, 6) is -0.191. The number of aryl methyl sites for hydroxylation is 1. The van der Waals surface area contributed by atoms with E-state index in [2.05, 4.69) is 5.32 Å². The van der Waals surface area contributed by atoms with Gasteiger partial charge in [0.25, 0.3) is 11.5 Å². The van der Waals surface area contributed by atoms with Crippen molar-refractivity contribution in [3.8, 4) is 5.69 Å². The number of rotatable bonds is 5. The smallest absolute Gasteiger partial charge is 0.263 e. The van der Waals surface area contributed by atoms with Crippen LogP contribution in [0.25, 0.3) is 16.5 Å². The molecule has 0 saturated carbocycles. The monoisotopic (exact) mass is 396 g/mol. The zero-order chi connectivity index (χ0) is 21.1. The Morgan fingerprint density at radius 2 is 1.53 bits per heavy atom. The van der Waals surface area contributed by atoms with Gasteiger partial charge in [-0.25, -0.2) is 0 Å². The van der Waals surface area contributed by atoms with Gasteiger partial charge in [0.2, 0.25) is 0 Å². The summed E-state index contributed by atoms with van der Waals surface area (Å²) in [5.41, 5.74) is 3.16. The van der Waals surface area contributed by atoms with Gasteiger partial charge in [-0.1, -0.05) is 73.7 Å². The van der Waals surface area contributed by atoms with E-state index < -0.39 is 0 Å². The summed E-state index contributed by atoms with van der Waals surface area (Å²) in [4.78, 5) is 26.5. The van der Waals surface area contributed by atoms with Crippen LogP contribution in [-0.4, -0.2) is 10.5 Å². The minimum absolute atomic E-state index is 0.101. The van der Waals surface area contributed by atoms with Gasteiger partial charge in [-0.2, -0.15) is 0 Å². The summed E-state index contributed by atoms with van der Waals surface area (Å²) in [6, 6.07) is 24.8. The van der Waals surface area contributed by atoms with Crippen molar-refractivity contribution >= 4 is 16.7 Å². The molecule has 1 N–H and O–H groups in total. The number of nitrogens with one attached hydrogen (secondary N) is 1. The van der Waals surface area contributed by atoms with Crippen molar-refractivity contribution in [1.29, 1.82) is 0 Å². The number of amides is 1. The number of benzene rings is 3. The summed E-state index contributed by atoms with van der Waals surface area (Å²) >= 11 is 0. The van der Waals surface area contributed by atoms with Crippen LogP contribution in [0.5, 0.6) is 0 Å². The van der Waals surface area contributed by atoms with E-state index in [1.165, 1.54) is 0 Å². The Bertz CT molecular complexity index is 1260. The predicted molar refractivity (Wildman–Crippen MR) is 121 cm³/mol. The number of hydrogen-bond donors (Lipinski definition) is 1. The molecule has 3 aromatic carbocycles. The maximum absolute atomic E-state index is 13.4. The van der Waals surface area contributed by atoms with Crippen LogP contribution in [0.1, 0.15) is 40.9 Å². The average molecular weight is 396 g/mol. The minimum Gasteiger partial charge on any atom is -0.345 e. The molecule has 1 aromatic heterocycles. The molecule has 0 saturated heterocycles. The molecule has 0 aliphatic rings. The zero-order valence-electron chi connectivity index (χ0n) is 17.1. The van der Waals surface area contributed by atoms with Crippen LogP contribution >= 0.6 is 0 Å². The highest BCUT2D eigenvalue weighted by Crippen LogP contribution is 2.22. The molecular formula is C26H24N2O2. The number of carbonyl (C=O) groups is 1. The summed E-state index contributed by atoms with van der Waals surface area (Å²) in [6.07, 6.45) is 2.44. The number of fused-ring (bicyclic) bond motifs is 1. The second kappa shape index (κ2) is 8.37. The molecule has 1 atom stereocenters. The number of hydrogen-bond acceptors (Lipinski definition) is 2. The third-order valence-electron chi connectivity index (χ3n) is 5.46. The van der Waals surface area contributed by atoms with E-state index in [4.69, 9.17) is 0 Å². The molecule has 1 heterocycles. The average Bonchev–Trinajstić information content (AvgIpc) is 2.79. The molecule has 0 aliphatic carbocycles. The Hall–Kier alpha value is -3.66. The van der Waals surface area contributed by atoms with Gasteiger partial charge in [0.1, 0.15) is 0 Å². The maximum atomic E-state index is 13.4. The molecule has 0 aliphatic heterocycles. The largest absolute Gasteiger partial charge is 0.345 e. The topological polar surface area (TPSA) is 51.1 Å². The lowest BCUT2D eigenvalue weighted by Gasteiger charge is -2.19. The van der Waals surface area contributed by atoms with Crippen LogP contribution in [-0.2, 0) is 0 Å². The number of pyridine rings is 1. The molecule has 4 heteroatoms. The van der Waals surface area contributed by atoms with Gasteiger partial charge in [-0.3, -0.25) is 14.2 Å². The van der Waals surface area contributed by atoms with Gasteiger partial charge in [0, 0.05) is 17.0 Å². The molecule has 4 nitrogen and oxygen atoms in total. The molecule has 0 fully saturated rings. The zero-order valence-corrected chi connectivity index (χ0v) is 17.1. The van der Waals surface area contributed by atoms with Crippen molar-refractivity contribution in [1.82, 2.24) is 9.88 Å². The van der Waals surface area contributed by atoms with Gasteiger partial charge in [-0.05, 0) is 36.6 Å². The summed E-state index contributed by atoms with van der Waals surface area (Å²) in [7, 11) is 0. The number of nitrogens with zero attached hydrogens (tertiary/aromatic N) is 1. The molecule has 4 aromatic rings. The normalized spacial score (nSPS) is 11.9. The molecule has 4 rings (SSSR count). The maximum Gasteiger partial charge on any atom is 0.263 e. The molecule has 30 heavy (non-hydrogen) atoms. The molecule has 0 bridgehead atoms. The van der Waals surface area contributed by atoms with Crippen LogP contribution in [0.15, 0.2) is 89.9 Å². The second-order valence-electron chi connectivity index (χ2n) is 7.39. The lowest BCUT2D eigenvalue weighted by Crippen LogP contribution is -2.30. The van der Waals surface area contributed by atoms with Crippen molar-refractivity contribution in [3.05, 3.63) is 112 Å². The SMILES string of the molecule is CC[C@H](NC(=O)c1cn(-c2ccccc2C)c(=O)c2ccccc12)c1ccccc1. The van der Waals surface area contributed by atoms with Crippen LogP contribution in [0, 0.1) is 6.92 Å². The van der Waals surface area contributed by atoms with Crippen LogP contribution in [0.2, 0.25) is 0 Å². The number of carbonyl (C=O) groups excluding carboxylic acids is 1. The Kier molecular flexibility index (Phi) is 5.48. The lowest BCUT2D eigenvalue weighted by molar-refractivity contribution is 0.0936. The van der Waals surface area contributed by atoms with Crippen LogP contribution in [0.3, 0.4) is 0 Å². The first-order valence-electron chi connectivity index (χ1n) is 10.2. The fourth-order valence-electron chi connectivity index (χ4n) is 3.83. The van der Waals surface area contributed by atoms with E-state index >= 15 is 0 Å². The fraction of sp³-hybridized carbons (Fsp3) is 0.154. The van der Waals surface area contributed by atoms with Gasteiger partial charge in [-0.15, -0.1) is 0 Å². The van der Waals surface area contributed by atoms with Crippen LogP contribution in [0.4, 0.5) is 0 Å². The van der Waals surface area contributed by atoms with Crippen molar-refractivity contribution in [3.63, 3.8) is 0 Å². The van der Waals surface area contributed by atoms with Crippen molar-refractivity contribution < 1.29 is 4.79 Å². The van der Waals surface area contributed by atoms with E-state index in [1.807, 2.05) is 86.6 Å². The standard InChI is InChI=1S/C26H24N2O2/c1-3-23(19-12-5-4-6-13-19)27-25(29)22-17-28(24-16-10-7-11-18(24)2)26(30)21-15-9-8-14-20(21)22/h4-17,23H,3H2,1-2H3,(H,27,29)/t23-/m0/s1. The number of aromatic nitrogens is 1. The van der Waals surface area contributed by atoms with E-state index in [0.717, 1.165) is 23.2 Å². The van der Waals surface area contributed by atoms with Gasteiger partial charge < -0.3 is 5.32 Å². The third kappa shape index (κ3) is 3.64. The van der Waals surface area contributed by atoms with Gasteiger partial charge in [0.15, 0.2) is 0 Å². The summed E-state index contributed by atoms with van der Waals surface area (Å²) in [5, 5.41) is 4.34. The predicted octanol–water partition coefficient (Wildman–Crippen LogP) is 5.18.